The third-order valence-electron chi connectivity index (χ3n) is 4.32. The van der Waals surface area contributed by atoms with E-state index in [1.165, 1.54) is 23.1 Å². The topological polar surface area (TPSA) is 90.5 Å². The van der Waals surface area contributed by atoms with Gasteiger partial charge < -0.3 is 9.88 Å². The molecular weight excluding hydrogens is 361 g/mol. The normalized spacial score (nSPS) is 11.9. The maximum atomic E-state index is 13.4. The van der Waals surface area contributed by atoms with Crippen LogP contribution in [0.25, 0.3) is 5.69 Å². The molecule has 8 nitrogen and oxygen atoms in total. The molecule has 1 atom stereocenters. The summed E-state index contributed by atoms with van der Waals surface area (Å²) in [6.07, 6.45) is 4.89. The maximum Gasteiger partial charge on any atom is 0.252 e. The van der Waals surface area contributed by atoms with Crippen molar-refractivity contribution in [2.45, 2.75) is 6.04 Å². The number of benzene rings is 2. The first-order chi connectivity index (χ1) is 13.6. The number of aromatic nitrogens is 6. The highest BCUT2D eigenvalue weighted by atomic mass is 19.1. The van der Waals surface area contributed by atoms with Gasteiger partial charge in [0.05, 0.1) is 5.69 Å². The van der Waals surface area contributed by atoms with Crippen molar-refractivity contribution in [2.75, 3.05) is 0 Å². The molecule has 2 heterocycles. The van der Waals surface area contributed by atoms with E-state index in [1.54, 1.807) is 48.8 Å². The molecule has 4 aromatic rings. The Morgan fingerprint density at radius 1 is 1.18 bits per heavy atom. The Kier molecular flexibility index (Phi) is 4.63. The Labute approximate surface area is 159 Å². The summed E-state index contributed by atoms with van der Waals surface area (Å²) in [6.45, 7) is 0. The number of imidazole rings is 1. The van der Waals surface area contributed by atoms with Gasteiger partial charge in [0.2, 0.25) is 0 Å². The number of carbonyl (C=O) groups is 1. The van der Waals surface area contributed by atoms with Crippen molar-refractivity contribution < 1.29 is 9.18 Å². The Morgan fingerprint density at radius 2 is 2.00 bits per heavy atom. The van der Waals surface area contributed by atoms with Crippen LogP contribution in [0.3, 0.4) is 0 Å². The minimum Gasteiger partial charge on any atom is -0.338 e. The minimum atomic E-state index is -0.537. The number of carbonyl (C=O) groups excluding carboxylic acids is 1. The third kappa shape index (κ3) is 3.50. The van der Waals surface area contributed by atoms with Gasteiger partial charge >= 0.3 is 0 Å². The molecule has 28 heavy (non-hydrogen) atoms. The van der Waals surface area contributed by atoms with Crippen LogP contribution in [0.2, 0.25) is 0 Å². The van der Waals surface area contributed by atoms with E-state index in [-0.39, 0.29) is 11.7 Å². The summed E-state index contributed by atoms with van der Waals surface area (Å²) in [7, 11) is 1.84. The molecule has 0 saturated heterocycles. The van der Waals surface area contributed by atoms with Gasteiger partial charge in [-0.05, 0) is 46.3 Å². The molecule has 2 aromatic carbocycles. The van der Waals surface area contributed by atoms with Crippen molar-refractivity contribution in [3.63, 3.8) is 0 Å². The first kappa shape index (κ1) is 17.5. The summed E-state index contributed by atoms with van der Waals surface area (Å²) in [4.78, 5) is 17.3. The lowest BCUT2D eigenvalue weighted by molar-refractivity contribution is 0.0941. The van der Waals surface area contributed by atoms with E-state index in [9.17, 15) is 9.18 Å². The first-order valence-electron chi connectivity index (χ1n) is 8.49. The van der Waals surface area contributed by atoms with Crippen LogP contribution in [0, 0.1) is 5.82 Å². The highest BCUT2D eigenvalue weighted by molar-refractivity contribution is 5.95. The summed E-state index contributed by atoms with van der Waals surface area (Å²) in [5.74, 6) is -0.00773. The Balaban J connectivity index is 1.65. The zero-order valence-corrected chi connectivity index (χ0v) is 14.9. The molecule has 4 rings (SSSR count). The Bertz CT molecular complexity index is 1090. The first-order valence-corrected chi connectivity index (χ1v) is 8.49. The number of rotatable bonds is 5. The lowest BCUT2D eigenvalue weighted by atomic mass is 10.0. The Morgan fingerprint density at radius 3 is 2.68 bits per heavy atom. The summed E-state index contributed by atoms with van der Waals surface area (Å²) < 4.78 is 16.6. The largest absolute Gasteiger partial charge is 0.338 e. The van der Waals surface area contributed by atoms with Crippen LogP contribution in [-0.4, -0.2) is 35.7 Å². The standard InChI is InChI=1S/C19H16FN7O/c1-26-10-9-21-18(26)17(13-5-7-15(20)8-6-13)23-19(28)14-3-2-4-16(11-14)27-12-22-24-25-27/h2-12,17H,1H3,(H,23,28)/t17-/m0/s1. The number of amides is 1. The lowest BCUT2D eigenvalue weighted by Crippen LogP contribution is -2.31. The number of aryl methyl sites for hydroxylation is 1. The van der Waals surface area contributed by atoms with Gasteiger partial charge in [0.25, 0.3) is 5.91 Å². The van der Waals surface area contributed by atoms with E-state index in [0.29, 0.717) is 17.1 Å². The molecule has 0 bridgehead atoms. The van der Waals surface area contributed by atoms with E-state index in [0.717, 1.165) is 5.56 Å². The van der Waals surface area contributed by atoms with Crippen LogP contribution in [0.1, 0.15) is 27.8 Å². The monoisotopic (exact) mass is 377 g/mol. The molecule has 0 spiro atoms. The molecule has 0 aliphatic heterocycles. The molecule has 0 radical (unpaired) electrons. The van der Waals surface area contributed by atoms with Crippen molar-refractivity contribution in [3.05, 3.63) is 90.0 Å². The number of halogens is 1. The molecular formula is C19H16FN7O. The fourth-order valence-electron chi connectivity index (χ4n) is 2.89. The van der Waals surface area contributed by atoms with Crippen LogP contribution in [-0.2, 0) is 7.05 Å². The summed E-state index contributed by atoms with van der Waals surface area (Å²) in [5, 5.41) is 14.0. The second-order valence-electron chi connectivity index (χ2n) is 6.16. The van der Waals surface area contributed by atoms with Gasteiger partial charge in [-0.3, -0.25) is 4.79 Å². The predicted molar refractivity (Wildman–Crippen MR) is 98.1 cm³/mol. The van der Waals surface area contributed by atoms with Crippen molar-refractivity contribution in [1.82, 2.24) is 35.1 Å². The van der Waals surface area contributed by atoms with Gasteiger partial charge in [-0.25, -0.2) is 14.1 Å². The number of nitrogens with one attached hydrogen (secondary N) is 1. The quantitative estimate of drug-likeness (QED) is 0.575. The highest BCUT2D eigenvalue weighted by Crippen LogP contribution is 2.22. The van der Waals surface area contributed by atoms with Crippen molar-refractivity contribution >= 4 is 5.91 Å². The van der Waals surface area contributed by atoms with E-state index in [2.05, 4.69) is 25.8 Å². The number of tetrazole rings is 1. The molecule has 0 aliphatic rings. The molecule has 1 amide bonds. The van der Waals surface area contributed by atoms with Gasteiger partial charge in [-0.15, -0.1) is 5.10 Å². The molecule has 1 N–H and O–H groups in total. The molecule has 0 saturated carbocycles. The van der Waals surface area contributed by atoms with E-state index < -0.39 is 6.04 Å². The van der Waals surface area contributed by atoms with E-state index in [4.69, 9.17) is 0 Å². The molecule has 0 unspecified atom stereocenters. The maximum absolute atomic E-state index is 13.4. The van der Waals surface area contributed by atoms with Gasteiger partial charge in [-0.1, -0.05) is 18.2 Å². The lowest BCUT2D eigenvalue weighted by Gasteiger charge is -2.19. The van der Waals surface area contributed by atoms with Crippen LogP contribution >= 0.6 is 0 Å². The van der Waals surface area contributed by atoms with Crippen molar-refractivity contribution in [1.29, 1.82) is 0 Å². The minimum absolute atomic E-state index is 0.299. The van der Waals surface area contributed by atoms with Gasteiger partial charge in [0.1, 0.15) is 24.0 Å². The van der Waals surface area contributed by atoms with Crippen LogP contribution in [0.4, 0.5) is 4.39 Å². The van der Waals surface area contributed by atoms with Gasteiger partial charge in [-0.2, -0.15) is 0 Å². The second-order valence-corrected chi connectivity index (χ2v) is 6.16. The van der Waals surface area contributed by atoms with Crippen LogP contribution < -0.4 is 5.32 Å². The summed E-state index contributed by atoms with van der Waals surface area (Å²) >= 11 is 0. The van der Waals surface area contributed by atoms with Gasteiger partial charge in [0, 0.05) is 25.0 Å². The van der Waals surface area contributed by atoms with Crippen molar-refractivity contribution in [2.24, 2.45) is 7.05 Å². The summed E-state index contributed by atoms with van der Waals surface area (Å²) in [6, 6.07) is 12.4. The average molecular weight is 377 g/mol. The summed E-state index contributed by atoms with van der Waals surface area (Å²) in [5.41, 5.74) is 1.82. The number of hydrogen-bond donors (Lipinski definition) is 1. The van der Waals surface area contributed by atoms with Crippen LogP contribution in [0.15, 0.2) is 67.3 Å². The fourth-order valence-corrected chi connectivity index (χ4v) is 2.89. The fraction of sp³-hybridized carbons (Fsp3) is 0.105. The zero-order valence-electron chi connectivity index (χ0n) is 14.9. The van der Waals surface area contributed by atoms with Gasteiger partial charge in [0.15, 0.2) is 0 Å². The molecule has 9 heteroatoms. The zero-order chi connectivity index (χ0) is 19.5. The number of hydrogen-bond acceptors (Lipinski definition) is 5. The SMILES string of the molecule is Cn1ccnc1[C@@H](NC(=O)c1cccc(-n2cnnn2)c1)c1ccc(F)cc1. The second kappa shape index (κ2) is 7.39. The Hall–Kier alpha value is -3.88. The van der Waals surface area contributed by atoms with E-state index in [1.807, 2.05) is 11.6 Å². The van der Waals surface area contributed by atoms with E-state index >= 15 is 0 Å². The third-order valence-corrected chi connectivity index (χ3v) is 4.32. The average Bonchev–Trinajstić information content (AvgIpc) is 3.39. The number of nitrogens with zero attached hydrogens (tertiary/aromatic N) is 6. The predicted octanol–water partition coefficient (Wildman–Crippen LogP) is 2.05. The van der Waals surface area contributed by atoms with Crippen molar-refractivity contribution in [3.8, 4) is 5.69 Å². The molecule has 140 valence electrons. The molecule has 2 aromatic heterocycles. The van der Waals surface area contributed by atoms with Crippen LogP contribution in [0.5, 0.6) is 0 Å². The highest BCUT2D eigenvalue weighted by Gasteiger charge is 2.21. The smallest absolute Gasteiger partial charge is 0.252 e. The molecule has 0 fully saturated rings. The molecule has 0 aliphatic carbocycles.